The Labute approximate surface area is 136 Å². The summed E-state index contributed by atoms with van der Waals surface area (Å²) in [5.74, 6) is 0.390. The van der Waals surface area contributed by atoms with E-state index in [2.05, 4.69) is 22.9 Å². The van der Waals surface area contributed by atoms with Crippen LogP contribution >= 0.6 is 27.3 Å². The summed E-state index contributed by atoms with van der Waals surface area (Å²) in [7, 11) is 0. The summed E-state index contributed by atoms with van der Waals surface area (Å²) in [6.45, 7) is 2.26. The number of nitrogens with two attached hydrogens (primary N) is 1. The van der Waals surface area contributed by atoms with E-state index in [1.807, 2.05) is 5.38 Å². The highest BCUT2D eigenvalue weighted by molar-refractivity contribution is 9.10. The second-order valence-electron chi connectivity index (χ2n) is 6.02. The van der Waals surface area contributed by atoms with Gasteiger partial charge in [-0.05, 0) is 52.9 Å². The summed E-state index contributed by atoms with van der Waals surface area (Å²) in [4.78, 5) is 4.73. The molecule has 2 N–H and O–H groups in total. The lowest BCUT2D eigenvalue weighted by molar-refractivity contribution is 0.238. The second kappa shape index (κ2) is 5.78. The van der Waals surface area contributed by atoms with E-state index in [1.54, 1.807) is 23.5 Å². The molecule has 5 heteroatoms. The lowest BCUT2D eigenvalue weighted by atomic mass is 9.77. The minimum Gasteiger partial charge on any atom is -0.319 e. The fourth-order valence-corrected chi connectivity index (χ4v) is 4.44. The molecular weight excluding hydrogens is 351 g/mol. The van der Waals surface area contributed by atoms with Crippen molar-refractivity contribution in [1.29, 1.82) is 0 Å². The Morgan fingerprint density at radius 3 is 3.00 bits per heavy atom. The molecule has 2 unspecified atom stereocenters. The Balaban J connectivity index is 1.90. The van der Waals surface area contributed by atoms with Crippen molar-refractivity contribution in [3.8, 4) is 11.3 Å². The predicted octanol–water partition coefficient (Wildman–Crippen LogP) is 5.08. The average Bonchev–Trinajstić information content (AvgIpc) is 2.92. The molecule has 2 aromatic rings. The molecule has 21 heavy (non-hydrogen) atoms. The molecule has 112 valence electrons. The highest BCUT2D eigenvalue weighted by Crippen LogP contribution is 2.40. The van der Waals surface area contributed by atoms with Gasteiger partial charge in [0.25, 0.3) is 0 Å². The number of halogens is 2. The zero-order valence-corrected chi connectivity index (χ0v) is 14.3. The van der Waals surface area contributed by atoms with Crippen molar-refractivity contribution >= 4 is 27.3 Å². The smallest absolute Gasteiger partial charge is 0.137 e. The molecule has 1 fully saturated rings. The van der Waals surface area contributed by atoms with Crippen molar-refractivity contribution in [2.75, 3.05) is 0 Å². The van der Waals surface area contributed by atoms with Gasteiger partial charge in [0.05, 0.1) is 15.7 Å². The Morgan fingerprint density at radius 1 is 1.48 bits per heavy atom. The Bertz CT molecular complexity index is 657. The number of benzene rings is 1. The number of aromatic nitrogens is 1. The van der Waals surface area contributed by atoms with Gasteiger partial charge in [0, 0.05) is 10.9 Å². The van der Waals surface area contributed by atoms with E-state index in [1.165, 1.54) is 12.5 Å². The summed E-state index contributed by atoms with van der Waals surface area (Å²) in [6.07, 6.45) is 4.40. The third-order valence-corrected chi connectivity index (χ3v) is 5.85. The summed E-state index contributed by atoms with van der Waals surface area (Å²) < 4.78 is 13.8. The van der Waals surface area contributed by atoms with Gasteiger partial charge in [-0.3, -0.25) is 0 Å². The lowest BCUT2D eigenvalue weighted by Crippen LogP contribution is -2.40. The van der Waals surface area contributed by atoms with Crippen LogP contribution in [0.2, 0.25) is 0 Å². The summed E-state index contributed by atoms with van der Waals surface area (Å²) in [6, 6.07) is 4.98. The summed E-state index contributed by atoms with van der Waals surface area (Å²) >= 11 is 4.84. The summed E-state index contributed by atoms with van der Waals surface area (Å²) in [5, 5.41) is 3.02. The van der Waals surface area contributed by atoms with E-state index in [0.717, 1.165) is 35.5 Å². The normalized spacial score (nSPS) is 26.0. The Hall–Kier alpha value is -0.780. The molecule has 0 spiro atoms. The number of hydrogen-bond acceptors (Lipinski definition) is 3. The fraction of sp³-hybridized carbons (Fsp3) is 0.438. The van der Waals surface area contributed by atoms with Crippen LogP contribution < -0.4 is 5.73 Å². The first-order chi connectivity index (χ1) is 9.98. The molecule has 0 bridgehead atoms. The molecule has 1 saturated carbocycles. The number of nitrogens with zero attached hydrogens (tertiary/aromatic N) is 1. The summed E-state index contributed by atoms with van der Waals surface area (Å²) in [5.41, 5.74) is 8.09. The van der Waals surface area contributed by atoms with E-state index < -0.39 is 0 Å². The molecule has 0 amide bonds. The van der Waals surface area contributed by atoms with Gasteiger partial charge in [-0.15, -0.1) is 11.3 Å². The van der Waals surface area contributed by atoms with Crippen molar-refractivity contribution in [1.82, 2.24) is 4.98 Å². The minimum atomic E-state index is -0.294. The largest absolute Gasteiger partial charge is 0.319 e. The number of rotatable bonds is 2. The molecule has 1 aliphatic rings. The van der Waals surface area contributed by atoms with Gasteiger partial charge in [0.2, 0.25) is 0 Å². The Morgan fingerprint density at radius 2 is 2.29 bits per heavy atom. The van der Waals surface area contributed by atoms with E-state index in [0.29, 0.717) is 10.4 Å². The van der Waals surface area contributed by atoms with Crippen LogP contribution in [0, 0.1) is 11.7 Å². The highest BCUT2D eigenvalue weighted by atomic mass is 79.9. The molecule has 1 aromatic carbocycles. The van der Waals surface area contributed by atoms with Crippen molar-refractivity contribution in [3.63, 3.8) is 0 Å². The minimum absolute atomic E-state index is 0.259. The van der Waals surface area contributed by atoms with E-state index in [9.17, 15) is 4.39 Å². The van der Waals surface area contributed by atoms with Gasteiger partial charge in [0.1, 0.15) is 10.8 Å². The third kappa shape index (κ3) is 3.05. The van der Waals surface area contributed by atoms with Crippen LogP contribution in [0.1, 0.15) is 37.6 Å². The van der Waals surface area contributed by atoms with Crippen LogP contribution in [0.5, 0.6) is 0 Å². The predicted molar refractivity (Wildman–Crippen MR) is 88.7 cm³/mol. The van der Waals surface area contributed by atoms with E-state index >= 15 is 0 Å². The van der Waals surface area contributed by atoms with Gasteiger partial charge >= 0.3 is 0 Å². The molecule has 0 aliphatic heterocycles. The molecule has 3 rings (SSSR count). The maximum atomic E-state index is 13.3. The van der Waals surface area contributed by atoms with Crippen LogP contribution in [0.15, 0.2) is 28.1 Å². The second-order valence-corrected chi connectivity index (χ2v) is 7.74. The molecule has 1 aromatic heterocycles. The molecule has 1 heterocycles. The van der Waals surface area contributed by atoms with Gasteiger partial charge in [-0.2, -0.15) is 0 Å². The topological polar surface area (TPSA) is 38.9 Å². The van der Waals surface area contributed by atoms with Gasteiger partial charge < -0.3 is 5.73 Å². The van der Waals surface area contributed by atoms with Gasteiger partial charge in [0.15, 0.2) is 0 Å². The highest BCUT2D eigenvalue weighted by Gasteiger charge is 2.35. The van der Waals surface area contributed by atoms with Gasteiger partial charge in [-0.25, -0.2) is 9.37 Å². The first-order valence-electron chi connectivity index (χ1n) is 7.18. The third-order valence-electron chi connectivity index (χ3n) is 4.18. The molecule has 0 radical (unpaired) electrons. The molecule has 2 nitrogen and oxygen atoms in total. The Kier molecular flexibility index (Phi) is 4.17. The van der Waals surface area contributed by atoms with Gasteiger partial charge in [-0.1, -0.05) is 19.8 Å². The first-order valence-corrected chi connectivity index (χ1v) is 8.85. The van der Waals surface area contributed by atoms with Crippen LogP contribution in [-0.2, 0) is 5.54 Å². The monoisotopic (exact) mass is 368 g/mol. The molecule has 0 saturated heterocycles. The molecule has 1 aliphatic carbocycles. The SMILES string of the molecule is CC1CCCC(N)(c2nc(-c3ccc(F)c(Br)c3)cs2)C1. The zero-order valence-electron chi connectivity index (χ0n) is 11.9. The lowest BCUT2D eigenvalue weighted by Gasteiger charge is -2.35. The average molecular weight is 369 g/mol. The number of thiazole rings is 1. The van der Waals surface area contributed by atoms with E-state index in [-0.39, 0.29) is 11.4 Å². The van der Waals surface area contributed by atoms with Crippen LogP contribution in [0.25, 0.3) is 11.3 Å². The van der Waals surface area contributed by atoms with Crippen molar-refractivity contribution in [2.45, 2.75) is 38.1 Å². The fourth-order valence-electron chi connectivity index (χ4n) is 3.08. The van der Waals surface area contributed by atoms with Crippen LogP contribution in [-0.4, -0.2) is 4.98 Å². The van der Waals surface area contributed by atoms with Crippen molar-refractivity contribution in [2.24, 2.45) is 11.7 Å². The maximum absolute atomic E-state index is 13.3. The van der Waals surface area contributed by atoms with Crippen molar-refractivity contribution in [3.05, 3.63) is 38.9 Å². The van der Waals surface area contributed by atoms with E-state index in [4.69, 9.17) is 10.7 Å². The molecule has 2 atom stereocenters. The van der Waals surface area contributed by atoms with Crippen molar-refractivity contribution < 1.29 is 4.39 Å². The quantitative estimate of drug-likeness (QED) is 0.802. The maximum Gasteiger partial charge on any atom is 0.137 e. The standard InChI is InChI=1S/C16H18BrFN2S/c1-10-3-2-6-16(19,8-10)15-20-14(9-21-15)11-4-5-13(18)12(17)7-11/h4-5,7,9-10H,2-3,6,8,19H2,1H3. The van der Waals surface area contributed by atoms with Crippen LogP contribution in [0.3, 0.4) is 0 Å². The first kappa shape index (κ1) is 15.1. The van der Waals surface area contributed by atoms with Crippen LogP contribution in [0.4, 0.5) is 4.39 Å². The number of hydrogen-bond donors (Lipinski definition) is 1. The molecular formula is C16H18BrFN2S. The zero-order chi connectivity index (χ0) is 15.0.